The van der Waals surface area contributed by atoms with Crippen LogP contribution in [-0.2, 0) is 26.1 Å². The number of barbiturate groups is 1. The van der Waals surface area contributed by atoms with E-state index in [1.54, 1.807) is 61.5 Å². The fourth-order valence-corrected chi connectivity index (χ4v) is 4.90. The summed E-state index contributed by atoms with van der Waals surface area (Å²) in [7, 11) is -4.21. The van der Waals surface area contributed by atoms with Gasteiger partial charge in [-0.2, -0.15) is 8.42 Å². The average molecular weight is 547 g/mol. The average Bonchev–Trinajstić information content (AvgIpc) is 2.89. The van der Waals surface area contributed by atoms with E-state index in [0.717, 1.165) is 10.5 Å². The van der Waals surface area contributed by atoms with E-state index in [1.807, 2.05) is 6.92 Å². The summed E-state index contributed by atoms with van der Waals surface area (Å²) in [6.45, 7) is 7.48. The van der Waals surface area contributed by atoms with Gasteiger partial charge in [-0.05, 0) is 68.3 Å². The van der Waals surface area contributed by atoms with Crippen molar-refractivity contribution in [1.29, 1.82) is 0 Å². The number of urea groups is 1. The molecule has 1 fully saturated rings. The van der Waals surface area contributed by atoms with E-state index in [-0.39, 0.29) is 35.0 Å². The molecular weight excluding hydrogens is 520 g/mol. The number of aryl methyl sites for hydroxylation is 1. The van der Waals surface area contributed by atoms with Crippen LogP contribution in [0, 0.1) is 6.92 Å². The van der Waals surface area contributed by atoms with Crippen LogP contribution in [0.15, 0.2) is 89.9 Å². The zero-order chi connectivity index (χ0) is 28.2. The summed E-state index contributed by atoms with van der Waals surface area (Å²) in [5.74, 6) is -1.60. The smallest absolute Gasteiger partial charge is 0.339 e. The number of amides is 4. The molecule has 1 N–H and O–H groups in total. The quantitative estimate of drug-likeness (QED) is 0.181. The molecule has 0 bridgehead atoms. The number of imide groups is 2. The maximum absolute atomic E-state index is 13.2. The Morgan fingerprint density at radius 3 is 2.33 bits per heavy atom. The Balaban J connectivity index is 1.78. The van der Waals surface area contributed by atoms with Crippen LogP contribution in [0.1, 0.15) is 23.6 Å². The van der Waals surface area contributed by atoms with E-state index in [1.165, 1.54) is 24.3 Å². The molecule has 4 amide bonds. The van der Waals surface area contributed by atoms with Gasteiger partial charge in [-0.25, -0.2) is 9.69 Å². The Bertz CT molecular complexity index is 1580. The Labute approximate surface area is 226 Å². The highest BCUT2D eigenvalue weighted by Crippen LogP contribution is 2.37. The SMILES string of the molecule is C=CCc1cc(/C=C2\C(=O)NC(=O)N(c3ccccc3)C2=O)cc(OCC)c1OS(=O)(=O)c1ccc(C)cc1. The maximum Gasteiger partial charge on any atom is 0.339 e. The van der Waals surface area contributed by atoms with Gasteiger partial charge in [-0.15, -0.1) is 6.58 Å². The number of anilines is 1. The molecule has 9 nitrogen and oxygen atoms in total. The topological polar surface area (TPSA) is 119 Å². The lowest BCUT2D eigenvalue weighted by atomic mass is 10.0. The molecule has 0 aromatic heterocycles. The number of ether oxygens (including phenoxy) is 1. The second-order valence-corrected chi connectivity index (χ2v) is 10.1. The normalized spacial score (nSPS) is 14.8. The van der Waals surface area contributed by atoms with Crippen molar-refractivity contribution in [1.82, 2.24) is 5.32 Å². The van der Waals surface area contributed by atoms with Gasteiger partial charge in [-0.3, -0.25) is 14.9 Å². The van der Waals surface area contributed by atoms with E-state index >= 15 is 0 Å². The van der Waals surface area contributed by atoms with Crippen LogP contribution >= 0.6 is 0 Å². The van der Waals surface area contributed by atoms with E-state index in [0.29, 0.717) is 16.8 Å². The first-order valence-corrected chi connectivity index (χ1v) is 13.4. The molecule has 39 heavy (non-hydrogen) atoms. The number of carbonyl (C=O) groups is 3. The van der Waals surface area contributed by atoms with E-state index in [4.69, 9.17) is 8.92 Å². The molecule has 0 aliphatic carbocycles. The third-order valence-electron chi connectivity index (χ3n) is 5.75. The van der Waals surface area contributed by atoms with Crippen molar-refractivity contribution in [3.8, 4) is 11.5 Å². The van der Waals surface area contributed by atoms with E-state index in [9.17, 15) is 22.8 Å². The Hall–Kier alpha value is -4.70. The van der Waals surface area contributed by atoms with Gasteiger partial charge >= 0.3 is 16.1 Å². The van der Waals surface area contributed by atoms with E-state index in [2.05, 4.69) is 11.9 Å². The molecule has 1 aliphatic heterocycles. The number of hydrogen-bond donors (Lipinski definition) is 1. The molecule has 3 aromatic rings. The fourth-order valence-electron chi connectivity index (χ4n) is 3.93. The first-order chi connectivity index (χ1) is 18.6. The van der Waals surface area contributed by atoms with Crippen molar-refractivity contribution in [3.63, 3.8) is 0 Å². The van der Waals surface area contributed by atoms with Crippen molar-refractivity contribution in [2.75, 3.05) is 11.5 Å². The lowest BCUT2D eigenvalue weighted by molar-refractivity contribution is -0.122. The summed E-state index contributed by atoms with van der Waals surface area (Å²) in [6.07, 6.45) is 3.07. The van der Waals surface area contributed by atoms with Crippen LogP contribution in [0.25, 0.3) is 6.08 Å². The fraction of sp³-hybridized carbons (Fsp3) is 0.138. The Morgan fingerprint density at radius 1 is 1.00 bits per heavy atom. The molecule has 4 rings (SSSR count). The second-order valence-electron chi connectivity index (χ2n) is 8.58. The highest BCUT2D eigenvalue weighted by Gasteiger charge is 2.37. The Kier molecular flexibility index (Phi) is 7.96. The summed E-state index contributed by atoms with van der Waals surface area (Å²) < 4.78 is 37.4. The predicted octanol–water partition coefficient (Wildman–Crippen LogP) is 4.56. The number of nitrogens with zero attached hydrogens (tertiary/aromatic N) is 1. The number of carbonyl (C=O) groups excluding carboxylic acids is 3. The van der Waals surface area contributed by atoms with Gasteiger partial charge in [0.2, 0.25) is 0 Å². The molecule has 200 valence electrons. The van der Waals surface area contributed by atoms with Crippen LogP contribution < -0.4 is 19.1 Å². The lowest BCUT2D eigenvalue weighted by Crippen LogP contribution is -2.54. The third kappa shape index (κ3) is 5.91. The molecule has 1 aliphatic rings. The van der Waals surface area contributed by atoms with Crippen LogP contribution in [-0.4, -0.2) is 32.9 Å². The first kappa shape index (κ1) is 27.3. The number of benzene rings is 3. The molecule has 0 unspecified atom stereocenters. The van der Waals surface area contributed by atoms with Gasteiger partial charge in [0, 0.05) is 5.56 Å². The number of allylic oxidation sites excluding steroid dienone is 1. The van der Waals surface area contributed by atoms with Gasteiger partial charge in [0.25, 0.3) is 11.8 Å². The summed E-state index contributed by atoms with van der Waals surface area (Å²) >= 11 is 0. The van der Waals surface area contributed by atoms with Crippen LogP contribution in [0.3, 0.4) is 0 Å². The molecule has 0 radical (unpaired) electrons. The number of para-hydroxylation sites is 1. The van der Waals surface area contributed by atoms with Crippen molar-refractivity contribution < 1.29 is 31.7 Å². The summed E-state index contributed by atoms with van der Waals surface area (Å²) in [5.41, 5.74) is 1.66. The largest absolute Gasteiger partial charge is 0.490 e. The van der Waals surface area contributed by atoms with Gasteiger partial charge < -0.3 is 8.92 Å². The van der Waals surface area contributed by atoms with Gasteiger partial charge in [0.1, 0.15) is 10.5 Å². The van der Waals surface area contributed by atoms with E-state index < -0.39 is 28.0 Å². The minimum absolute atomic E-state index is 0.0264. The maximum atomic E-state index is 13.2. The third-order valence-corrected chi connectivity index (χ3v) is 6.98. The highest BCUT2D eigenvalue weighted by molar-refractivity contribution is 7.87. The molecule has 0 saturated carbocycles. The van der Waals surface area contributed by atoms with Crippen molar-refractivity contribution in [2.24, 2.45) is 0 Å². The zero-order valence-electron chi connectivity index (χ0n) is 21.3. The molecular formula is C29H26N2O7S. The van der Waals surface area contributed by atoms with Gasteiger partial charge in [0.05, 0.1) is 12.3 Å². The summed E-state index contributed by atoms with van der Waals surface area (Å²) in [6, 6.07) is 16.6. The molecule has 3 aromatic carbocycles. The molecule has 1 heterocycles. The molecule has 0 spiro atoms. The predicted molar refractivity (Wildman–Crippen MR) is 146 cm³/mol. The lowest BCUT2D eigenvalue weighted by Gasteiger charge is -2.26. The Morgan fingerprint density at radius 2 is 1.69 bits per heavy atom. The number of nitrogens with one attached hydrogen (secondary N) is 1. The van der Waals surface area contributed by atoms with Crippen LogP contribution in [0.4, 0.5) is 10.5 Å². The summed E-state index contributed by atoms with van der Waals surface area (Å²) in [5, 5.41) is 2.18. The van der Waals surface area contributed by atoms with Crippen LogP contribution in [0.2, 0.25) is 0 Å². The highest BCUT2D eigenvalue weighted by atomic mass is 32.2. The minimum Gasteiger partial charge on any atom is -0.490 e. The van der Waals surface area contributed by atoms with Crippen molar-refractivity contribution >= 4 is 39.7 Å². The number of rotatable bonds is 9. The second kappa shape index (κ2) is 11.4. The number of hydrogen-bond acceptors (Lipinski definition) is 7. The molecule has 10 heteroatoms. The monoisotopic (exact) mass is 546 g/mol. The summed E-state index contributed by atoms with van der Waals surface area (Å²) in [4.78, 5) is 39.2. The molecule has 0 atom stereocenters. The van der Waals surface area contributed by atoms with Crippen molar-refractivity contribution in [2.45, 2.75) is 25.2 Å². The molecule has 1 saturated heterocycles. The van der Waals surface area contributed by atoms with Gasteiger partial charge in [0.15, 0.2) is 11.5 Å². The standard InChI is InChI=1S/C29H26N2O7S/c1-4-9-21-16-20(17-24-27(32)30-29(34)31(28(24)33)22-10-7-6-8-11-22)18-25(37-5-2)26(21)38-39(35,36)23-14-12-19(3)13-15-23/h4,6-8,10-18H,1,5,9H2,2-3H3,(H,30,32,34)/b24-17+. The van der Waals surface area contributed by atoms with Crippen molar-refractivity contribution in [3.05, 3.63) is 102 Å². The van der Waals surface area contributed by atoms with Gasteiger partial charge in [-0.1, -0.05) is 42.0 Å². The minimum atomic E-state index is -4.21. The zero-order valence-corrected chi connectivity index (χ0v) is 22.2. The first-order valence-electron chi connectivity index (χ1n) is 12.0. The van der Waals surface area contributed by atoms with Crippen LogP contribution in [0.5, 0.6) is 11.5 Å².